The van der Waals surface area contributed by atoms with Crippen molar-refractivity contribution in [2.45, 2.75) is 50.6 Å². The molecule has 0 bridgehead atoms. The maximum atomic E-state index is 13.4. The molecule has 10 nitrogen and oxygen atoms in total. The topological polar surface area (TPSA) is 155 Å². The number of ether oxygens (including phenoxy) is 1. The summed E-state index contributed by atoms with van der Waals surface area (Å²) in [4.78, 5) is 54.5. The second-order valence-corrected chi connectivity index (χ2v) is 10.1. The number of amides is 4. The Morgan fingerprint density at radius 2 is 1.87 bits per heavy atom. The minimum absolute atomic E-state index is 0.0231. The summed E-state index contributed by atoms with van der Waals surface area (Å²) in [6.07, 6.45) is 2.41. The first-order chi connectivity index (χ1) is 18.2. The van der Waals surface area contributed by atoms with Gasteiger partial charge in [-0.05, 0) is 55.5 Å². The lowest BCUT2D eigenvalue weighted by molar-refractivity contribution is -0.129. The number of methoxy groups -OCH3 is 1. The number of primary amides is 1. The van der Waals surface area contributed by atoms with Crippen LogP contribution in [0.4, 0.5) is 5.69 Å². The van der Waals surface area contributed by atoms with Gasteiger partial charge in [-0.15, -0.1) is 0 Å². The van der Waals surface area contributed by atoms with Gasteiger partial charge in [0.1, 0.15) is 23.5 Å². The third-order valence-electron chi connectivity index (χ3n) is 7.26. The van der Waals surface area contributed by atoms with Crippen LogP contribution in [0.25, 0.3) is 10.9 Å². The zero-order valence-corrected chi connectivity index (χ0v) is 21.3. The van der Waals surface area contributed by atoms with Gasteiger partial charge in [-0.25, -0.2) is 0 Å². The van der Waals surface area contributed by atoms with Crippen molar-refractivity contribution < 1.29 is 23.9 Å². The SMILES string of the molecule is COc1cccc2[nH]c(C(=O)N[C@@H](CC3CC3)C(=O)N[C@@H](CC3C(=O)Nc4ccc(C)cc43)C(N)=O)cc12. The number of carbonyl (C=O) groups excluding carboxylic acids is 4. The predicted molar refractivity (Wildman–Crippen MR) is 142 cm³/mol. The Labute approximate surface area is 219 Å². The molecular formula is C28H31N5O5. The molecule has 1 fully saturated rings. The van der Waals surface area contributed by atoms with Crippen LogP contribution in [0.5, 0.6) is 5.75 Å². The molecule has 0 radical (unpaired) electrons. The first-order valence-corrected chi connectivity index (χ1v) is 12.7. The normalized spacial score (nSPS) is 17.8. The number of aromatic nitrogens is 1. The molecule has 38 heavy (non-hydrogen) atoms. The van der Waals surface area contributed by atoms with Gasteiger partial charge in [0.2, 0.25) is 17.7 Å². The average Bonchev–Trinajstić information content (AvgIpc) is 3.51. The fraction of sp³-hybridized carbons (Fsp3) is 0.357. The summed E-state index contributed by atoms with van der Waals surface area (Å²) < 4.78 is 5.37. The summed E-state index contributed by atoms with van der Waals surface area (Å²) >= 11 is 0. The molecule has 0 saturated heterocycles. The molecule has 3 atom stereocenters. The Hall–Kier alpha value is -4.34. The van der Waals surface area contributed by atoms with Crippen LogP contribution in [0.1, 0.15) is 53.2 Å². The minimum atomic E-state index is -1.08. The number of rotatable bonds is 10. The number of hydrogen-bond acceptors (Lipinski definition) is 5. The Kier molecular flexibility index (Phi) is 6.79. The number of carbonyl (C=O) groups is 4. The highest BCUT2D eigenvalue weighted by Gasteiger charge is 2.37. The summed E-state index contributed by atoms with van der Waals surface area (Å²) in [6.45, 7) is 1.92. The quantitative estimate of drug-likeness (QED) is 0.279. The maximum Gasteiger partial charge on any atom is 0.268 e. The molecule has 1 aliphatic carbocycles. The average molecular weight is 518 g/mol. The van der Waals surface area contributed by atoms with E-state index in [1.54, 1.807) is 19.2 Å². The third-order valence-corrected chi connectivity index (χ3v) is 7.26. The van der Waals surface area contributed by atoms with Gasteiger partial charge in [0.25, 0.3) is 5.91 Å². The monoisotopic (exact) mass is 517 g/mol. The lowest BCUT2D eigenvalue weighted by atomic mass is 9.92. The lowest BCUT2D eigenvalue weighted by Crippen LogP contribution is -2.53. The van der Waals surface area contributed by atoms with Crippen LogP contribution in [0.2, 0.25) is 0 Å². The number of nitrogens with two attached hydrogens (primary N) is 1. The van der Waals surface area contributed by atoms with E-state index in [4.69, 9.17) is 10.5 Å². The number of hydrogen-bond donors (Lipinski definition) is 5. The third kappa shape index (κ3) is 5.20. The van der Waals surface area contributed by atoms with Gasteiger partial charge in [0, 0.05) is 16.6 Å². The van der Waals surface area contributed by atoms with Gasteiger partial charge in [-0.2, -0.15) is 0 Å². The summed E-state index contributed by atoms with van der Waals surface area (Å²) in [5.74, 6) is -1.63. The van der Waals surface area contributed by atoms with E-state index >= 15 is 0 Å². The molecular weight excluding hydrogens is 486 g/mol. The zero-order chi connectivity index (χ0) is 27.0. The molecule has 5 rings (SSSR count). The number of aryl methyl sites for hydroxylation is 1. The molecule has 2 aromatic carbocycles. The predicted octanol–water partition coefficient (Wildman–Crippen LogP) is 2.48. The van der Waals surface area contributed by atoms with Crippen LogP contribution in [-0.4, -0.2) is 47.8 Å². The van der Waals surface area contributed by atoms with E-state index in [2.05, 4.69) is 20.9 Å². The van der Waals surface area contributed by atoms with Crippen molar-refractivity contribution in [1.29, 1.82) is 0 Å². The Bertz CT molecular complexity index is 1430. The fourth-order valence-corrected chi connectivity index (χ4v) is 5.02. The molecule has 6 N–H and O–H groups in total. The van der Waals surface area contributed by atoms with Crippen molar-refractivity contribution in [2.75, 3.05) is 12.4 Å². The standard InChI is InChI=1S/C28H31N5O5/c1-14-6-9-20-16(10-14)17(26(35)31-20)12-21(25(29)34)32-27(36)22(11-15-7-8-15)33-28(37)23-13-18-19(30-23)4-3-5-24(18)38-2/h3-6,9-10,13,15,17,21-22,30H,7-8,11-12H2,1-2H3,(H2,29,34)(H,31,35)(H,32,36)(H,33,37)/t17?,21-,22-/m0/s1. The first-order valence-electron chi connectivity index (χ1n) is 12.7. The van der Waals surface area contributed by atoms with Crippen molar-refractivity contribution in [1.82, 2.24) is 15.6 Å². The number of H-pyrrole nitrogens is 1. The largest absolute Gasteiger partial charge is 0.496 e. The van der Waals surface area contributed by atoms with E-state index in [0.717, 1.165) is 34.9 Å². The van der Waals surface area contributed by atoms with Gasteiger partial charge < -0.3 is 31.4 Å². The van der Waals surface area contributed by atoms with Crippen molar-refractivity contribution >= 4 is 40.2 Å². The van der Waals surface area contributed by atoms with Gasteiger partial charge in [-0.1, -0.05) is 36.6 Å². The molecule has 0 spiro atoms. The zero-order valence-electron chi connectivity index (χ0n) is 21.3. The number of fused-ring (bicyclic) bond motifs is 2. The molecule has 4 amide bonds. The van der Waals surface area contributed by atoms with Crippen LogP contribution in [-0.2, 0) is 14.4 Å². The number of benzene rings is 2. The van der Waals surface area contributed by atoms with E-state index in [1.807, 2.05) is 37.3 Å². The molecule has 1 saturated carbocycles. The second kappa shape index (κ2) is 10.2. The van der Waals surface area contributed by atoms with Crippen molar-refractivity contribution in [3.63, 3.8) is 0 Å². The second-order valence-electron chi connectivity index (χ2n) is 10.1. The Morgan fingerprint density at radius 3 is 2.58 bits per heavy atom. The molecule has 2 aliphatic rings. The molecule has 1 aliphatic heterocycles. The van der Waals surface area contributed by atoms with E-state index in [1.165, 1.54) is 0 Å². The number of nitrogens with one attached hydrogen (secondary N) is 4. The highest BCUT2D eigenvalue weighted by Crippen LogP contribution is 2.36. The van der Waals surface area contributed by atoms with E-state index in [0.29, 0.717) is 29.5 Å². The van der Waals surface area contributed by atoms with Crippen molar-refractivity contribution in [3.05, 3.63) is 59.3 Å². The van der Waals surface area contributed by atoms with Crippen LogP contribution >= 0.6 is 0 Å². The first kappa shape index (κ1) is 25.3. The van der Waals surface area contributed by atoms with E-state index in [-0.39, 0.29) is 12.3 Å². The van der Waals surface area contributed by atoms with Crippen LogP contribution in [0, 0.1) is 12.8 Å². The highest BCUT2D eigenvalue weighted by atomic mass is 16.5. The van der Waals surface area contributed by atoms with Crippen LogP contribution < -0.4 is 26.4 Å². The number of aromatic amines is 1. The van der Waals surface area contributed by atoms with Gasteiger partial charge >= 0.3 is 0 Å². The van der Waals surface area contributed by atoms with Gasteiger partial charge in [0.15, 0.2) is 0 Å². The summed E-state index contributed by atoms with van der Waals surface area (Å²) in [6, 6.07) is 10.8. The molecule has 2 heterocycles. The molecule has 1 unspecified atom stereocenters. The highest BCUT2D eigenvalue weighted by molar-refractivity contribution is 6.04. The molecule has 198 valence electrons. The summed E-state index contributed by atoms with van der Waals surface area (Å²) in [7, 11) is 1.56. The van der Waals surface area contributed by atoms with Crippen LogP contribution in [0.3, 0.4) is 0 Å². The van der Waals surface area contributed by atoms with Crippen molar-refractivity contribution in [2.24, 2.45) is 11.7 Å². The smallest absolute Gasteiger partial charge is 0.268 e. The fourth-order valence-electron chi connectivity index (χ4n) is 5.02. The summed E-state index contributed by atoms with van der Waals surface area (Å²) in [5, 5.41) is 9.10. The Morgan fingerprint density at radius 1 is 1.08 bits per heavy atom. The molecule has 10 heteroatoms. The number of anilines is 1. The molecule has 1 aromatic heterocycles. The van der Waals surface area contributed by atoms with E-state index < -0.39 is 35.7 Å². The lowest BCUT2D eigenvalue weighted by Gasteiger charge is -2.23. The maximum absolute atomic E-state index is 13.4. The van der Waals surface area contributed by atoms with Gasteiger partial charge in [-0.3, -0.25) is 19.2 Å². The van der Waals surface area contributed by atoms with E-state index in [9.17, 15) is 19.2 Å². The van der Waals surface area contributed by atoms with Crippen molar-refractivity contribution in [3.8, 4) is 5.75 Å². The van der Waals surface area contributed by atoms with Gasteiger partial charge in [0.05, 0.1) is 13.0 Å². The van der Waals surface area contributed by atoms with Crippen LogP contribution in [0.15, 0.2) is 42.5 Å². The molecule has 3 aromatic rings. The minimum Gasteiger partial charge on any atom is -0.496 e. The summed E-state index contributed by atoms with van der Waals surface area (Å²) in [5.41, 5.74) is 9.11. The Balaban J connectivity index is 1.31.